The second-order valence-electron chi connectivity index (χ2n) is 4.53. The lowest BCUT2D eigenvalue weighted by Gasteiger charge is -2.34. The maximum Gasteiger partial charge on any atom is 0.246 e. The quantitative estimate of drug-likeness (QED) is 0.639. The smallest absolute Gasteiger partial charge is 0.246 e. The van der Waals surface area contributed by atoms with Crippen molar-refractivity contribution in [3.8, 4) is 0 Å². The van der Waals surface area contributed by atoms with E-state index in [0.29, 0.717) is 6.04 Å². The Balaban J connectivity index is 1.95. The second kappa shape index (κ2) is 5.04. The molecule has 90 valence electrons. The summed E-state index contributed by atoms with van der Waals surface area (Å²) >= 11 is 0. The number of carbonyl (C=O) groups is 1. The summed E-state index contributed by atoms with van der Waals surface area (Å²) in [6, 6.07) is 7.92. The predicted molar refractivity (Wildman–Crippen MR) is 70.3 cm³/mol. The largest absolute Gasteiger partial charge is 0.399 e. The summed E-state index contributed by atoms with van der Waals surface area (Å²) in [6.45, 7) is 0. The van der Waals surface area contributed by atoms with Crippen molar-refractivity contribution in [1.82, 2.24) is 4.90 Å². The summed E-state index contributed by atoms with van der Waals surface area (Å²) in [6.07, 6.45) is 6.97. The molecular weight excluding hydrogens is 212 g/mol. The molecule has 3 nitrogen and oxygen atoms in total. The van der Waals surface area contributed by atoms with Crippen molar-refractivity contribution in [3.05, 3.63) is 35.9 Å². The normalized spacial score (nSPS) is 15.8. The number of anilines is 1. The highest BCUT2D eigenvalue weighted by atomic mass is 16.2. The zero-order chi connectivity index (χ0) is 12.3. The number of likely N-dealkylation sites (N-methyl/N-ethyl adjacent to an activating group) is 1. The van der Waals surface area contributed by atoms with Crippen molar-refractivity contribution in [2.75, 3.05) is 12.8 Å². The van der Waals surface area contributed by atoms with Crippen LogP contribution in [0.25, 0.3) is 6.08 Å². The standard InChI is InChI=1S/C14H18N2O/c1-16(13-3-2-4-13)14(17)10-7-11-5-8-12(15)9-6-11/h5-10,13H,2-4,15H2,1H3/b10-7+. The molecule has 17 heavy (non-hydrogen) atoms. The molecule has 1 aromatic rings. The average molecular weight is 230 g/mol. The van der Waals surface area contributed by atoms with Crippen LogP contribution >= 0.6 is 0 Å². The van der Waals surface area contributed by atoms with Crippen LogP contribution < -0.4 is 5.73 Å². The Kier molecular flexibility index (Phi) is 3.47. The third-order valence-electron chi connectivity index (χ3n) is 3.32. The van der Waals surface area contributed by atoms with Crippen LogP contribution in [0, 0.1) is 0 Å². The molecule has 1 fully saturated rings. The van der Waals surface area contributed by atoms with Gasteiger partial charge < -0.3 is 10.6 Å². The van der Waals surface area contributed by atoms with Gasteiger partial charge in [-0.15, -0.1) is 0 Å². The van der Waals surface area contributed by atoms with Crippen molar-refractivity contribution >= 4 is 17.7 Å². The maximum absolute atomic E-state index is 11.8. The summed E-state index contributed by atoms with van der Waals surface area (Å²) in [5, 5.41) is 0. The van der Waals surface area contributed by atoms with Crippen LogP contribution in [-0.4, -0.2) is 23.9 Å². The number of hydrogen-bond donors (Lipinski definition) is 1. The molecule has 1 saturated carbocycles. The molecule has 1 amide bonds. The Hall–Kier alpha value is -1.77. The van der Waals surface area contributed by atoms with E-state index < -0.39 is 0 Å². The molecule has 0 atom stereocenters. The maximum atomic E-state index is 11.8. The van der Waals surface area contributed by atoms with Gasteiger partial charge in [0.2, 0.25) is 5.91 Å². The van der Waals surface area contributed by atoms with Crippen molar-refractivity contribution < 1.29 is 4.79 Å². The highest BCUT2D eigenvalue weighted by Gasteiger charge is 2.24. The minimum Gasteiger partial charge on any atom is -0.399 e. The number of nitrogen functional groups attached to an aromatic ring is 1. The number of hydrogen-bond acceptors (Lipinski definition) is 2. The van der Waals surface area contributed by atoms with Crippen molar-refractivity contribution in [2.45, 2.75) is 25.3 Å². The molecule has 0 heterocycles. The molecule has 0 spiro atoms. The molecule has 2 rings (SSSR count). The molecule has 0 unspecified atom stereocenters. The number of nitrogens with two attached hydrogens (primary N) is 1. The van der Waals surface area contributed by atoms with Gasteiger partial charge in [0.25, 0.3) is 0 Å². The first-order chi connectivity index (χ1) is 8.16. The van der Waals surface area contributed by atoms with Crippen LogP contribution in [0.3, 0.4) is 0 Å². The lowest BCUT2D eigenvalue weighted by Crippen LogP contribution is -2.40. The molecule has 3 heteroatoms. The van der Waals surface area contributed by atoms with Crippen LogP contribution in [0.4, 0.5) is 5.69 Å². The zero-order valence-electron chi connectivity index (χ0n) is 10.1. The summed E-state index contributed by atoms with van der Waals surface area (Å²) in [5.74, 6) is 0.0755. The number of carbonyl (C=O) groups excluding carboxylic acids is 1. The van der Waals surface area contributed by atoms with Gasteiger partial charge in [-0.25, -0.2) is 0 Å². The molecule has 0 aromatic heterocycles. The lowest BCUT2D eigenvalue weighted by molar-refractivity contribution is -0.128. The molecule has 1 aromatic carbocycles. The first-order valence-corrected chi connectivity index (χ1v) is 5.97. The van der Waals surface area contributed by atoms with Gasteiger partial charge in [-0.3, -0.25) is 4.79 Å². The first-order valence-electron chi connectivity index (χ1n) is 5.97. The summed E-state index contributed by atoms with van der Waals surface area (Å²) in [7, 11) is 1.87. The Morgan fingerprint density at radius 2 is 2.00 bits per heavy atom. The fourth-order valence-electron chi connectivity index (χ4n) is 1.85. The SMILES string of the molecule is CN(C(=O)/C=C/c1ccc(N)cc1)C1CCC1. The Morgan fingerprint density at radius 1 is 1.35 bits per heavy atom. The van der Waals surface area contributed by atoms with Crippen LogP contribution in [0.15, 0.2) is 30.3 Å². The van der Waals surface area contributed by atoms with E-state index in [-0.39, 0.29) is 5.91 Å². The number of benzene rings is 1. The molecule has 0 aliphatic heterocycles. The first kappa shape index (κ1) is 11.7. The van der Waals surface area contributed by atoms with Gasteiger partial charge in [0.1, 0.15) is 0 Å². The molecular formula is C14H18N2O. The zero-order valence-corrected chi connectivity index (χ0v) is 10.1. The van der Waals surface area contributed by atoms with E-state index in [0.717, 1.165) is 24.1 Å². The van der Waals surface area contributed by atoms with Crippen LogP contribution in [0.1, 0.15) is 24.8 Å². The molecule has 0 radical (unpaired) electrons. The number of nitrogens with zero attached hydrogens (tertiary/aromatic N) is 1. The fraction of sp³-hybridized carbons (Fsp3) is 0.357. The summed E-state index contributed by atoms with van der Waals surface area (Å²) in [5.41, 5.74) is 7.33. The minimum absolute atomic E-state index is 0.0755. The van der Waals surface area contributed by atoms with Gasteiger partial charge in [0.15, 0.2) is 0 Å². The van der Waals surface area contributed by atoms with E-state index in [4.69, 9.17) is 5.73 Å². The van der Waals surface area contributed by atoms with Crippen molar-refractivity contribution in [1.29, 1.82) is 0 Å². The van der Waals surface area contributed by atoms with Gasteiger partial charge >= 0.3 is 0 Å². The van der Waals surface area contributed by atoms with Crippen molar-refractivity contribution in [3.63, 3.8) is 0 Å². The highest BCUT2D eigenvalue weighted by Crippen LogP contribution is 2.23. The minimum atomic E-state index is 0.0755. The predicted octanol–water partition coefficient (Wildman–Crippen LogP) is 2.29. The molecule has 0 saturated heterocycles. The van der Waals surface area contributed by atoms with E-state index in [1.165, 1.54) is 6.42 Å². The van der Waals surface area contributed by atoms with E-state index >= 15 is 0 Å². The van der Waals surface area contributed by atoms with E-state index in [1.54, 1.807) is 6.08 Å². The Labute approximate surface area is 102 Å². The summed E-state index contributed by atoms with van der Waals surface area (Å²) in [4.78, 5) is 13.7. The third-order valence-corrected chi connectivity index (χ3v) is 3.32. The molecule has 0 bridgehead atoms. The van der Waals surface area contributed by atoms with Gasteiger partial charge in [0.05, 0.1) is 0 Å². The highest BCUT2D eigenvalue weighted by molar-refractivity contribution is 5.91. The Bertz CT molecular complexity index is 418. The third kappa shape index (κ3) is 2.87. The van der Waals surface area contributed by atoms with Gasteiger partial charge in [-0.05, 0) is 43.0 Å². The topological polar surface area (TPSA) is 46.3 Å². The van der Waals surface area contributed by atoms with E-state index in [2.05, 4.69) is 0 Å². The fourth-order valence-corrected chi connectivity index (χ4v) is 1.85. The van der Waals surface area contributed by atoms with Crippen LogP contribution in [0.5, 0.6) is 0 Å². The average Bonchev–Trinajstić information content (AvgIpc) is 2.25. The van der Waals surface area contributed by atoms with Gasteiger partial charge in [-0.1, -0.05) is 12.1 Å². The second-order valence-corrected chi connectivity index (χ2v) is 4.53. The van der Waals surface area contributed by atoms with E-state index in [9.17, 15) is 4.79 Å². The number of amides is 1. The molecule has 2 N–H and O–H groups in total. The van der Waals surface area contributed by atoms with Gasteiger partial charge in [-0.2, -0.15) is 0 Å². The van der Waals surface area contributed by atoms with Crippen LogP contribution in [0.2, 0.25) is 0 Å². The van der Waals surface area contributed by atoms with Gasteiger partial charge in [0, 0.05) is 24.9 Å². The van der Waals surface area contributed by atoms with Crippen LogP contribution in [-0.2, 0) is 4.79 Å². The summed E-state index contributed by atoms with van der Waals surface area (Å²) < 4.78 is 0. The monoisotopic (exact) mass is 230 g/mol. The van der Waals surface area contributed by atoms with Crippen molar-refractivity contribution in [2.24, 2.45) is 0 Å². The molecule has 1 aliphatic carbocycles. The molecule has 1 aliphatic rings. The number of rotatable bonds is 3. The Morgan fingerprint density at radius 3 is 2.53 bits per heavy atom. The van der Waals surface area contributed by atoms with E-state index in [1.807, 2.05) is 42.3 Å². The lowest BCUT2D eigenvalue weighted by atomic mass is 9.92.